The molecule has 0 radical (unpaired) electrons. The van der Waals surface area contributed by atoms with Crippen LogP contribution in [0.1, 0.15) is 17.5 Å². The summed E-state index contributed by atoms with van der Waals surface area (Å²) in [6.07, 6.45) is 1.55. The number of hydrogen-bond donors (Lipinski definition) is 1. The van der Waals surface area contributed by atoms with Crippen molar-refractivity contribution < 1.29 is 33.4 Å². The van der Waals surface area contributed by atoms with Crippen LogP contribution in [-0.2, 0) is 27.3 Å². The van der Waals surface area contributed by atoms with E-state index in [-0.39, 0.29) is 6.61 Å². The van der Waals surface area contributed by atoms with E-state index in [2.05, 4.69) is 7.05 Å². The molecule has 3 unspecified atom stereocenters. The van der Waals surface area contributed by atoms with Crippen molar-refractivity contribution in [2.75, 3.05) is 41.0 Å². The van der Waals surface area contributed by atoms with E-state index in [0.717, 1.165) is 36.3 Å². The topological polar surface area (TPSA) is 82.1 Å². The number of carboxylic acids is 1. The van der Waals surface area contributed by atoms with Crippen molar-refractivity contribution in [3.05, 3.63) is 23.3 Å². The molecule has 1 aromatic rings. The predicted molar refractivity (Wildman–Crippen MR) is 105 cm³/mol. The van der Waals surface area contributed by atoms with Crippen LogP contribution in [0.4, 0.5) is 0 Å². The molecule has 0 spiro atoms. The lowest BCUT2D eigenvalue weighted by Gasteiger charge is -2.39. The number of aliphatic carboxylic acids is 1. The molecule has 0 bridgehead atoms. The first-order valence-electron chi connectivity index (χ1n) is 8.95. The maximum atomic E-state index is 11.8. The van der Waals surface area contributed by atoms with Crippen molar-refractivity contribution >= 4 is 35.1 Å². The Morgan fingerprint density at radius 1 is 1.14 bits per heavy atom. The highest BCUT2D eigenvalue weighted by atomic mass is 35.5. The van der Waals surface area contributed by atoms with E-state index in [1.165, 1.54) is 11.1 Å². The third kappa shape index (κ3) is 5.43. The number of carbonyl (C=O) groups is 2. The van der Waals surface area contributed by atoms with Gasteiger partial charge in [0.2, 0.25) is 0 Å². The Labute approximate surface area is 174 Å². The van der Waals surface area contributed by atoms with Crippen molar-refractivity contribution in [3.63, 3.8) is 0 Å². The van der Waals surface area contributed by atoms with Crippen molar-refractivity contribution in [3.8, 4) is 11.5 Å². The summed E-state index contributed by atoms with van der Waals surface area (Å²) in [5.74, 6) is -0.715. The zero-order valence-corrected chi connectivity index (χ0v) is 17.8. The average Bonchev–Trinajstić information content (AvgIpc) is 2.68. The van der Waals surface area contributed by atoms with Crippen molar-refractivity contribution in [2.45, 2.75) is 30.1 Å². The third-order valence-corrected chi connectivity index (χ3v) is 5.98. The van der Waals surface area contributed by atoms with Gasteiger partial charge >= 0.3 is 11.9 Å². The van der Waals surface area contributed by atoms with Crippen LogP contribution in [0, 0.1) is 0 Å². The van der Waals surface area contributed by atoms with E-state index in [1.807, 2.05) is 12.1 Å². The summed E-state index contributed by atoms with van der Waals surface area (Å²) in [5, 5.41) is 5.86. The molecule has 0 amide bonds. The summed E-state index contributed by atoms with van der Waals surface area (Å²) < 4.78 is 16.7. The van der Waals surface area contributed by atoms with Crippen LogP contribution in [0.15, 0.2) is 12.1 Å². The maximum Gasteiger partial charge on any atom is 0.326 e. The molecule has 2 rings (SSSR count). The van der Waals surface area contributed by atoms with Gasteiger partial charge in [-0.25, -0.2) is 0 Å². The van der Waals surface area contributed by atoms with Crippen LogP contribution in [0.2, 0.25) is 0 Å². The third-order valence-electron chi connectivity index (χ3n) is 4.98. The van der Waals surface area contributed by atoms with Crippen molar-refractivity contribution in [1.82, 2.24) is 0 Å². The number of rotatable bonds is 9. The second-order valence-corrected chi connectivity index (χ2v) is 8.05. The van der Waals surface area contributed by atoms with Crippen LogP contribution in [0.3, 0.4) is 0 Å². The maximum absolute atomic E-state index is 11.8. The Bertz CT molecular complexity index is 729. The second kappa shape index (κ2) is 9.67. The molecule has 1 aromatic carbocycles. The van der Waals surface area contributed by atoms with Crippen molar-refractivity contribution in [1.29, 1.82) is 0 Å². The molecule has 0 saturated heterocycles. The smallest absolute Gasteiger partial charge is 0.326 e. The molecule has 0 fully saturated rings. The number of benzene rings is 1. The number of hydrogen-bond acceptors (Lipinski definition) is 5. The van der Waals surface area contributed by atoms with Gasteiger partial charge in [-0.15, -0.1) is 23.2 Å². The normalized spacial score (nSPS) is 20.6. The first-order valence-corrected chi connectivity index (χ1v) is 9.83. The van der Waals surface area contributed by atoms with Gasteiger partial charge in [0.05, 0.1) is 41.0 Å². The monoisotopic (exact) mass is 434 g/mol. The van der Waals surface area contributed by atoms with Gasteiger partial charge in [-0.2, -0.15) is 0 Å². The fourth-order valence-corrected chi connectivity index (χ4v) is 3.63. The number of halogens is 2. The predicted octanol–water partition coefficient (Wildman–Crippen LogP) is 2.44. The van der Waals surface area contributed by atoms with E-state index < -0.39 is 22.7 Å². The quantitative estimate of drug-likeness (QED) is 0.278. The first kappa shape index (κ1) is 22.6. The Morgan fingerprint density at radius 3 is 2.32 bits per heavy atom. The van der Waals surface area contributed by atoms with Gasteiger partial charge in [-0.3, -0.25) is 9.59 Å². The highest BCUT2D eigenvalue weighted by Gasteiger charge is 2.32. The first-order chi connectivity index (χ1) is 13.2. The molecule has 0 aliphatic carbocycles. The zero-order chi connectivity index (χ0) is 20.9. The number of methoxy groups -OCH3 is 2. The van der Waals surface area contributed by atoms with Gasteiger partial charge in [0.25, 0.3) is 0 Å². The van der Waals surface area contributed by atoms with Gasteiger partial charge < -0.3 is 23.8 Å². The molecule has 1 N–H and O–H groups in total. The average molecular weight is 435 g/mol. The minimum absolute atomic E-state index is 0.165. The number of carbonyl (C=O) groups excluding carboxylic acids is 1. The molecule has 1 aliphatic heterocycles. The summed E-state index contributed by atoms with van der Waals surface area (Å²) in [5.41, 5.74) is 2.47. The van der Waals surface area contributed by atoms with Crippen LogP contribution >= 0.6 is 23.2 Å². The van der Waals surface area contributed by atoms with E-state index in [0.29, 0.717) is 12.2 Å². The molecule has 156 valence electrons. The summed E-state index contributed by atoms with van der Waals surface area (Å²) in [6, 6.07) is 4.06. The Morgan fingerprint density at radius 2 is 1.75 bits per heavy atom. The lowest BCUT2D eigenvalue weighted by Crippen LogP contribution is -2.48. The zero-order valence-electron chi connectivity index (χ0n) is 16.2. The van der Waals surface area contributed by atoms with E-state index in [9.17, 15) is 9.59 Å². The highest BCUT2D eigenvalue weighted by molar-refractivity contribution is 6.41. The van der Waals surface area contributed by atoms with Gasteiger partial charge in [0, 0.05) is 18.4 Å². The largest absolute Gasteiger partial charge is 0.493 e. The number of likely N-dealkylation sites (N-methyl/N-ethyl adjacent to an activating group) is 1. The minimum Gasteiger partial charge on any atom is -0.493 e. The lowest BCUT2D eigenvalue weighted by molar-refractivity contribution is -0.924. The summed E-state index contributed by atoms with van der Waals surface area (Å²) in [7, 11) is 5.41. The molecule has 9 heteroatoms. The Kier molecular flexibility index (Phi) is 7.80. The van der Waals surface area contributed by atoms with E-state index >= 15 is 0 Å². The highest BCUT2D eigenvalue weighted by Crippen LogP contribution is 2.34. The number of quaternary nitrogens is 1. The Hall–Kier alpha value is -1.70. The number of alkyl halides is 2. The fraction of sp³-hybridized carbons (Fsp3) is 0.579. The molecule has 3 atom stereocenters. The molecule has 1 aliphatic rings. The van der Waals surface area contributed by atoms with E-state index in [4.69, 9.17) is 42.5 Å². The van der Waals surface area contributed by atoms with Crippen LogP contribution in [0.5, 0.6) is 11.5 Å². The molecular formula is C19H26Cl2NO6+. The molecule has 28 heavy (non-hydrogen) atoms. The minimum atomic E-state index is -1.51. The summed E-state index contributed by atoms with van der Waals surface area (Å²) in [4.78, 5) is 22.5. The molecular weight excluding hydrogens is 409 g/mol. The molecule has 1 heterocycles. The van der Waals surface area contributed by atoms with Gasteiger partial charge in [0.1, 0.15) is 6.54 Å². The lowest BCUT2D eigenvalue weighted by atomic mass is 9.97. The van der Waals surface area contributed by atoms with Gasteiger partial charge in [-0.1, -0.05) is 0 Å². The van der Waals surface area contributed by atoms with E-state index in [1.54, 1.807) is 14.2 Å². The van der Waals surface area contributed by atoms with Gasteiger partial charge in [-0.05, 0) is 17.7 Å². The molecule has 0 aromatic heterocycles. The fourth-order valence-electron chi connectivity index (χ4n) is 3.36. The SMILES string of the molecule is COc1cc2c(cc1OC)C[N+](C)(CCCOC(=O)C(Cl)C(Cl)C(=O)O)CC2. The van der Waals surface area contributed by atoms with Gasteiger partial charge in [0.15, 0.2) is 22.3 Å². The second-order valence-electron chi connectivity index (χ2n) is 7.11. The number of carboxylic acid groups (broad SMARTS) is 1. The summed E-state index contributed by atoms with van der Waals surface area (Å²) >= 11 is 11.3. The number of fused-ring (bicyclic) bond motifs is 1. The van der Waals surface area contributed by atoms with Crippen LogP contribution in [-0.4, -0.2) is 73.2 Å². The Balaban J connectivity index is 1.89. The number of esters is 1. The van der Waals surface area contributed by atoms with Crippen molar-refractivity contribution in [2.24, 2.45) is 0 Å². The molecule has 7 nitrogen and oxygen atoms in total. The van der Waals surface area contributed by atoms with Crippen LogP contribution < -0.4 is 9.47 Å². The standard InChI is InChI=1S/C19H25Cl2NO6/c1-22(6-4-8-28-19(25)17(21)16(20)18(23)24)7-5-12-9-14(26-2)15(27-3)10-13(12)11-22/h9-10,16-17H,4-8,11H2,1-3H3/p+1. The number of ether oxygens (including phenoxy) is 3. The summed E-state index contributed by atoms with van der Waals surface area (Å²) in [6.45, 7) is 2.76. The van der Waals surface area contributed by atoms with Crippen LogP contribution in [0.25, 0.3) is 0 Å². The number of nitrogens with zero attached hydrogens (tertiary/aromatic N) is 1. The molecule has 0 saturated carbocycles.